The van der Waals surface area contributed by atoms with Gasteiger partial charge in [0.15, 0.2) is 0 Å². The van der Waals surface area contributed by atoms with Crippen LogP contribution in [0.15, 0.2) is 18.0 Å². The summed E-state index contributed by atoms with van der Waals surface area (Å²) in [7, 11) is 0. The van der Waals surface area contributed by atoms with E-state index in [1.165, 1.54) is 0 Å². The molecule has 6 N–H and O–H groups in total. The number of nitrogens with one attached hydrogen (secondary N) is 2. The highest BCUT2D eigenvalue weighted by Crippen LogP contribution is 2.27. The molecule has 6 heteroatoms. The Bertz CT molecular complexity index is 345. The van der Waals surface area contributed by atoms with E-state index in [0.29, 0.717) is 12.4 Å². The molecule has 0 radical (unpaired) electrons. The van der Waals surface area contributed by atoms with E-state index < -0.39 is 0 Å². The third-order valence-electron chi connectivity index (χ3n) is 2.19. The van der Waals surface area contributed by atoms with Gasteiger partial charge in [-0.05, 0) is 6.08 Å². The zero-order chi connectivity index (χ0) is 9.97. The second kappa shape index (κ2) is 3.69. The lowest BCUT2D eigenvalue weighted by Gasteiger charge is -2.16. The maximum Gasteiger partial charge on any atom is 0.124 e. The summed E-state index contributed by atoms with van der Waals surface area (Å²) in [6.45, 7) is 0.700. The predicted octanol–water partition coefficient (Wildman–Crippen LogP) is -0.200. The molecular weight excluding hydrogens is 182 g/mol. The first-order valence-electron chi connectivity index (χ1n) is 4.40. The van der Waals surface area contributed by atoms with Crippen molar-refractivity contribution in [1.29, 1.82) is 0 Å². The number of hydrazine groups is 1. The molecule has 2 rings (SSSR count). The number of aromatic amines is 1. The van der Waals surface area contributed by atoms with Crippen LogP contribution in [0, 0.1) is 0 Å². The molecule has 1 aliphatic heterocycles. The Balaban J connectivity index is 2.25. The van der Waals surface area contributed by atoms with Gasteiger partial charge in [0.05, 0.1) is 12.8 Å². The fraction of sp³-hybridized carbons (Fsp3) is 0.375. The Morgan fingerprint density at radius 1 is 1.64 bits per heavy atom. The molecule has 0 saturated heterocycles. The second-order valence-corrected chi connectivity index (χ2v) is 3.08. The Kier molecular flexibility index (Phi) is 2.38. The molecule has 1 aromatic heterocycles. The minimum Gasteiger partial charge on any atom is -0.496 e. The lowest BCUT2D eigenvalue weighted by molar-refractivity contribution is 0.216. The van der Waals surface area contributed by atoms with Crippen molar-refractivity contribution in [3.05, 3.63) is 23.6 Å². The Hall–Kier alpha value is -1.53. The van der Waals surface area contributed by atoms with Crippen LogP contribution in [-0.2, 0) is 4.74 Å². The Labute approximate surface area is 81.3 Å². The molecule has 6 nitrogen and oxygen atoms in total. The summed E-state index contributed by atoms with van der Waals surface area (Å²) < 4.78 is 5.41. The number of nitrogens with two attached hydrogens (primary N) is 2. The molecule has 1 unspecified atom stereocenters. The van der Waals surface area contributed by atoms with Gasteiger partial charge in [0.25, 0.3) is 0 Å². The van der Waals surface area contributed by atoms with Gasteiger partial charge in [-0.2, -0.15) is 5.10 Å². The van der Waals surface area contributed by atoms with E-state index in [-0.39, 0.29) is 6.04 Å². The quantitative estimate of drug-likeness (QED) is 0.395. The standard InChI is InChI=1S/C8H13N5O/c9-8-5(4-11-13-8)7(12-10)6-2-1-3-14-6/h2,4,7,12H,1,3,10H2,(H3,9,11,13). The highest BCUT2D eigenvalue weighted by Gasteiger charge is 2.22. The smallest absolute Gasteiger partial charge is 0.124 e. The van der Waals surface area contributed by atoms with Gasteiger partial charge in [0.1, 0.15) is 17.6 Å². The molecular formula is C8H13N5O. The average Bonchev–Trinajstić information content (AvgIpc) is 2.80. The minimum absolute atomic E-state index is 0.212. The van der Waals surface area contributed by atoms with E-state index in [2.05, 4.69) is 15.6 Å². The monoisotopic (exact) mass is 195 g/mol. The summed E-state index contributed by atoms with van der Waals surface area (Å²) in [5.41, 5.74) is 9.15. The van der Waals surface area contributed by atoms with Gasteiger partial charge in [0, 0.05) is 12.0 Å². The van der Waals surface area contributed by atoms with Crippen molar-refractivity contribution < 1.29 is 4.74 Å². The second-order valence-electron chi connectivity index (χ2n) is 3.08. The number of H-pyrrole nitrogens is 1. The van der Waals surface area contributed by atoms with E-state index in [1.807, 2.05) is 6.08 Å². The first-order chi connectivity index (χ1) is 6.83. The van der Waals surface area contributed by atoms with Crippen molar-refractivity contribution in [3.8, 4) is 0 Å². The molecule has 0 bridgehead atoms. The van der Waals surface area contributed by atoms with Crippen LogP contribution in [0.2, 0.25) is 0 Å². The third-order valence-corrected chi connectivity index (χ3v) is 2.19. The van der Waals surface area contributed by atoms with Gasteiger partial charge < -0.3 is 10.5 Å². The van der Waals surface area contributed by atoms with E-state index in [4.69, 9.17) is 16.3 Å². The number of ether oxygens (including phenoxy) is 1. The molecule has 14 heavy (non-hydrogen) atoms. The first kappa shape index (κ1) is 9.04. The molecule has 0 aliphatic carbocycles. The summed E-state index contributed by atoms with van der Waals surface area (Å²) in [5.74, 6) is 6.75. The van der Waals surface area contributed by atoms with E-state index in [0.717, 1.165) is 17.7 Å². The van der Waals surface area contributed by atoms with Crippen molar-refractivity contribution >= 4 is 5.82 Å². The zero-order valence-corrected chi connectivity index (χ0v) is 7.66. The van der Waals surface area contributed by atoms with E-state index >= 15 is 0 Å². The van der Waals surface area contributed by atoms with Gasteiger partial charge in [0.2, 0.25) is 0 Å². The van der Waals surface area contributed by atoms with Gasteiger partial charge >= 0.3 is 0 Å². The minimum atomic E-state index is -0.212. The Morgan fingerprint density at radius 3 is 3.00 bits per heavy atom. The topological polar surface area (TPSA) is 102 Å². The Morgan fingerprint density at radius 2 is 2.50 bits per heavy atom. The van der Waals surface area contributed by atoms with E-state index in [1.54, 1.807) is 6.20 Å². The molecule has 0 spiro atoms. The van der Waals surface area contributed by atoms with E-state index in [9.17, 15) is 0 Å². The number of anilines is 1. The molecule has 1 atom stereocenters. The van der Waals surface area contributed by atoms with Crippen LogP contribution in [-0.4, -0.2) is 16.8 Å². The molecule has 1 aromatic rings. The molecule has 0 aromatic carbocycles. The largest absolute Gasteiger partial charge is 0.496 e. The van der Waals surface area contributed by atoms with Crippen LogP contribution in [0.4, 0.5) is 5.82 Å². The summed E-state index contributed by atoms with van der Waals surface area (Å²) in [5, 5.41) is 6.49. The lowest BCUT2D eigenvalue weighted by atomic mass is 10.1. The predicted molar refractivity (Wildman–Crippen MR) is 51.7 cm³/mol. The van der Waals surface area contributed by atoms with Crippen molar-refractivity contribution in [2.45, 2.75) is 12.5 Å². The molecule has 0 saturated carbocycles. The summed E-state index contributed by atoms with van der Waals surface area (Å²) in [6.07, 6.45) is 4.55. The normalized spacial score (nSPS) is 17.6. The SMILES string of the molecule is NNC(C1=CCCO1)c1cn[nH]c1N. The number of hydrogen-bond acceptors (Lipinski definition) is 5. The fourth-order valence-corrected chi connectivity index (χ4v) is 1.50. The summed E-state index contributed by atoms with van der Waals surface area (Å²) in [4.78, 5) is 0. The van der Waals surface area contributed by atoms with Crippen LogP contribution in [0.1, 0.15) is 18.0 Å². The highest BCUT2D eigenvalue weighted by molar-refractivity contribution is 5.42. The lowest BCUT2D eigenvalue weighted by Crippen LogP contribution is -2.30. The number of aromatic nitrogens is 2. The highest BCUT2D eigenvalue weighted by atomic mass is 16.5. The fourth-order valence-electron chi connectivity index (χ4n) is 1.50. The number of nitrogen functional groups attached to an aromatic ring is 1. The number of rotatable bonds is 3. The summed E-state index contributed by atoms with van der Waals surface area (Å²) in [6, 6.07) is -0.212. The maximum absolute atomic E-state index is 5.69. The van der Waals surface area contributed by atoms with Crippen LogP contribution in [0.3, 0.4) is 0 Å². The molecule has 1 aliphatic rings. The number of nitrogens with zero attached hydrogens (tertiary/aromatic N) is 1. The molecule has 76 valence electrons. The molecule has 0 fully saturated rings. The van der Waals surface area contributed by atoms with Crippen LogP contribution < -0.4 is 17.0 Å². The van der Waals surface area contributed by atoms with Crippen LogP contribution >= 0.6 is 0 Å². The van der Waals surface area contributed by atoms with Crippen molar-refractivity contribution in [2.75, 3.05) is 12.3 Å². The summed E-state index contributed by atoms with van der Waals surface area (Å²) >= 11 is 0. The van der Waals surface area contributed by atoms with Gasteiger partial charge in [-0.25, -0.2) is 5.43 Å². The van der Waals surface area contributed by atoms with Gasteiger partial charge in [-0.15, -0.1) is 0 Å². The van der Waals surface area contributed by atoms with Gasteiger partial charge in [-0.1, -0.05) is 0 Å². The maximum atomic E-state index is 5.69. The van der Waals surface area contributed by atoms with Crippen molar-refractivity contribution in [1.82, 2.24) is 15.6 Å². The zero-order valence-electron chi connectivity index (χ0n) is 7.66. The van der Waals surface area contributed by atoms with Crippen molar-refractivity contribution in [2.24, 2.45) is 5.84 Å². The average molecular weight is 195 g/mol. The van der Waals surface area contributed by atoms with Crippen molar-refractivity contribution in [3.63, 3.8) is 0 Å². The van der Waals surface area contributed by atoms with Gasteiger partial charge in [-0.3, -0.25) is 10.9 Å². The van der Waals surface area contributed by atoms with Crippen LogP contribution in [0.5, 0.6) is 0 Å². The number of hydrogen-bond donors (Lipinski definition) is 4. The third kappa shape index (κ3) is 1.45. The molecule has 2 heterocycles. The van der Waals surface area contributed by atoms with Crippen LogP contribution in [0.25, 0.3) is 0 Å². The molecule has 0 amide bonds. The first-order valence-corrected chi connectivity index (χ1v) is 4.40.